The number of hydrogen-bond donors (Lipinski definition) is 1. The number of ether oxygens (including phenoxy) is 1. The molecule has 0 unspecified atom stereocenters. The van der Waals surface area contributed by atoms with Gasteiger partial charge in [0.05, 0.1) is 36.3 Å². The van der Waals surface area contributed by atoms with Gasteiger partial charge < -0.3 is 9.64 Å². The first-order valence-electron chi connectivity index (χ1n) is 8.93. The Morgan fingerprint density at radius 2 is 2.15 bits per heavy atom. The van der Waals surface area contributed by atoms with E-state index in [4.69, 9.17) is 9.72 Å². The number of aryl methyl sites for hydroxylation is 1. The number of aromatic amines is 1. The van der Waals surface area contributed by atoms with Crippen molar-refractivity contribution in [3.63, 3.8) is 0 Å². The lowest BCUT2D eigenvalue weighted by Gasteiger charge is -2.34. The maximum atomic E-state index is 5.60. The van der Waals surface area contributed by atoms with Crippen molar-refractivity contribution in [3.05, 3.63) is 36.9 Å². The van der Waals surface area contributed by atoms with Gasteiger partial charge in [-0.25, -0.2) is 9.97 Å². The zero-order valence-electron chi connectivity index (χ0n) is 15.2. The van der Waals surface area contributed by atoms with Gasteiger partial charge in [0, 0.05) is 32.1 Å². The van der Waals surface area contributed by atoms with E-state index in [1.54, 1.807) is 18.7 Å². The molecule has 5 rings (SSSR count). The molecule has 0 aromatic carbocycles. The summed E-state index contributed by atoms with van der Waals surface area (Å²) in [5.41, 5.74) is 4.39. The molecule has 0 radical (unpaired) electrons. The quantitative estimate of drug-likeness (QED) is 0.596. The van der Waals surface area contributed by atoms with E-state index >= 15 is 0 Å². The van der Waals surface area contributed by atoms with Crippen molar-refractivity contribution >= 4 is 11.5 Å². The fourth-order valence-corrected chi connectivity index (χ4v) is 3.57. The standard InChI is InChI=1S/C18H20N8O/c1-12-10-27-8-7-25(12)16-9-15(14-4-6-21-24(14)2)26-11-19-17(18(26)22-16)13-3-5-20-23-13/h3-6,9,11-12H,7-8,10H2,1-2H3,(H,20,23)/t12-/m1/s1. The van der Waals surface area contributed by atoms with E-state index in [0.717, 1.165) is 40.8 Å². The predicted molar refractivity (Wildman–Crippen MR) is 100 cm³/mol. The van der Waals surface area contributed by atoms with Crippen molar-refractivity contribution in [2.24, 2.45) is 7.05 Å². The lowest BCUT2D eigenvalue weighted by atomic mass is 10.2. The van der Waals surface area contributed by atoms with Gasteiger partial charge in [0.1, 0.15) is 17.8 Å². The molecule has 9 heteroatoms. The Kier molecular flexibility index (Phi) is 3.68. The number of H-pyrrole nitrogens is 1. The number of rotatable bonds is 3. The number of nitrogens with one attached hydrogen (secondary N) is 1. The largest absolute Gasteiger partial charge is 0.377 e. The molecule has 4 aromatic rings. The molecule has 1 atom stereocenters. The van der Waals surface area contributed by atoms with Crippen LogP contribution in [0.25, 0.3) is 28.4 Å². The van der Waals surface area contributed by atoms with Gasteiger partial charge in [-0.05, 0) is 19.1 Å². The van der Waals surface area contributed by atoms with Crippen molar-refractivity contribution < 1.29 is 4.74 Å². The predicted octanol–water partition coefficient (Wildman–Crippen LogP) is 1.74. The highest BCUT2D eigenvalue weighted by atomic mass is 16.5. The first kappa shape index (κ1) is 16.0. The van der Waals surface area contributed by atoms with Crippen LogP contribution in [0.5, 0.6) is 0 Å². The van der Waals surface area contributed by atoms with E-state index in [0.29, 0.717) is 13.2 Å². The molecule has 0 saturated carbocycles. The van der Waals surface area contributed by atoms with E-state index in [2.05, 4.69) is 38.2 Å². The second-order valence-electron chi connectivity index (χ2n) is 6.71. The molecule has 1 saturated heterocycles. The Balaban J connectivity index is 1.76. The van der Waals surface area contributed by atoms with Crippen molar-refractivity contribution in [2.45, 2.75) is 13.0 Å². The third kappa shape index (κ3) is 2.58. The van der Waals surface area contributed by atoms with E-state index in [1.807, 2.05) is 28.3 Å². The molecule has 1 N–H and O–H groups in total. The fraction of sp³-hybridized carbons (Fsp3) is 0.333. The van der Waals surface area contributed by atoms with Crippen molar-refractivity contribution in [3.8, 4) is 22.8 Å². The summed E-state index contributed by atoms with van der Waals surface area (Å²) in [5.74, 6) is 0.913. The summed E-state index contributed by atoms with van der Waals surface area (Å²) >= 11 is 0. The molecule has 0 bridgehead atoms. The van der Waals surface area contributed by atoms with E-state index in [1.165, 1.54) is 0 Å². The summed E-state index contributed by atoms with van der Waals surface area (Å²) < 4.78 is 9.46. The SMILES string of the molecule is C[C@@H]1COCCN1c1cc(-c2ccnn2C)n2cnc(-c3ccn[nH]3)c2n1. The summed E-state index contributed by atoms with van der Waals surface area (Å²) in [6.45, 7) is 4.36. The van der Waals surface area contributed by atoms with Crippen LogP contribution in [0.15, 0.2) is 36.9 Å². The molecular weight excluding hydrogens is 344 g/mol. The van der Waals surface area contributed by atoms with Crippen LogP contribution in [0.4, 0.5) is 5.82 Å². The van der Waals surface area contributed by atoms with Crippen molar-refractivity contribution in [1.29, 1.82) is 0 Å². The van der Waals surface area contributed by atoms with Gasteiger partial charge in [0.2, 0.25) is 0 Å². The average Bonchev–Trinajstić information content (AvgIpc) is 3.41. The molecule has 0 spiro atoms. The monoisotopic (exact) mass is 364 g/mol. The normalized spacial score (nSPS) is 17.7. The molecule has 27 heavy (non-hydrogen) atoms. The first-order valence-corrected chi connectivity index (χ1v) is 8.93. The topological polar surface area (TPSA) is 89.2 Å². The first-order chi connectivity index (χ1) is 13.2. The van der Waals surface area contributed by atoms with Gasteiger partial charge in [0.25, 0.3) is 0 Å². The van der Waals surface area contributed by atoms with E-state index in [9.17, 15) is 0 Å². The lowest BCUT2D eigenvalue weighted by Crippen LogP contribution is -2.44. The summed E-state index contributed by atoms with van der Waals surface area (Å²) in [5, 5.41) is 11.4. The number of hydrogen-bond acceptors (Lipinski definition) is 6. The van der Waals surface area contributed by atoms with Crippen LogP contribution >= 0.6 is 0 Å². The number of fused-ring (bicyclic) bond motifs is 1. The smallest absolute Gasteiger partial charge is 0.169 e. The molecule has 9 nitrogen and oxygen atoms in total. The molecule has 5 heterocycles. The number of imidazole rings is 1. The van der Waals surface area contributed by atoms with Crippen molar-refractivity contribution in [1.82, 2.24) is 34.3 Å². The second kappa shape index (κ2) is 6.20. The van der Waals surface area contributed by atoms with E-state index < -0.39 is 0 Å². The lowest BCUT2D eigenvalue weighted by molar-refractivity contribution is 0.0985. The van der Waals surface area contributed by atoms with Gasteiger partial charge in [-0.1, -0.05) is 0 Å². The highest BCUT2D eigenvalue weighted by Gasteiger charge is 2.24. The maximum absolute atomic E-state index is 5.60. The Bertz CT molecular complexity index is 1080. The van der Waals surface area contributed by atoms with Crippen LogP contribution in [0, 0.1) is 0 Å². The van der Waals surface area contributed by atoms with Gasteiger partial charge in [0.15, 0.2) is 5.65 Å². The van der Waals surface area contributed by atoms with Crippen LogP contribution in [-0.4, -0.2) is 60.1 Å². The number of anilines is 1. The Hall–Kier alpha value is -3.20. The third-order valence-corrected chi connectivity index (χ3v) is 4.99. The molecular formula is C18H20N8O. The van der Waals surface area contributed by atoms with Gasteiger partial charge in [-0.3, -0.25) is 14.2 Å². The summed E-state index contributed by atoms with van der Waals surface area (Å²) in [7, 11) is 1.94. The molecule has 4 aromatic heterocycles. The highest BCUT2D eigenvalue weighted by Crippen LogP contribution is 2.30. The van der Waals surface area contributed by atoms with Crippen LogP contribution in [0.2, 0.25) is 0 Å². The minimum Gasteiger partial charge on any atom is -0.377 e. The second-order valence-corrected chi connectivity index (χ2v) is 6.71. The van der Waals surface area contributed by atoms with Gasteiger partial charge in [-0.2, -0.15) is 10.2 Å². The van der Waals surface area contributed by atoms with Crippen molar-refractivity contribution in [2.75, 3.05) is 24.7 Å². The fourth-order valence-electron chi connectivity index (χ4n) is 3.57. The molecule has 0 amide bonds. The van der Waals surface area contributed by atoms with Gasteiger partial charge >= 0.3 is 0 Å². The summed E-state index contributed by atoms with van der Waals surface area (Å²) in [6.07, 6.45) is 5.31. The minimum atomic E-state index is 0.256. The van der Waals surface area contributed by atoms with Crippen LogP contribution in [0.3, 0.4) is 0 Å². The summed E-state index contributed by atoms with van der Waals surface area (Å²) in [4.78, 5) is 11.8. The van der Waals surface area contributed by atoms with Crippen LogP contribution < -0.4 is 4.90 Å². The number of nitrogens with zero attached hydrogens (tertiary/aromatic N) is 7. The van der Waals surface area contributed by atoms with Gasteiger partial charge in [-0.15, -0.1) is 0 Å². The number of aromatic nitrogens is 7. The summed E-state index contributed by atoms with van der Waals surface area (Å²) in [6, 6.07) is 6.26. The molecule has 0 aliphatic carbocycles. The number of morpholine rings is 1. The molecule has 1 fully saturated rings. The Morgan fingerprint density at radius 1 is 1.22 bits per heavy atom. The third-order valence-electron chi connectivity index (χ3n) is 4.99. The Morgan fingerprint density at radius 3 is 2.89 bits per heavy atom. The zero-order chi connectivity index (χ0) is 18.4. The average molecular weight is 364 g/mol. The molecule has 138 valence electrons. The minimum absolute atomic E-state index is 0.256. The van der Waals surface area contributed by atoms with E-state index in [-0.39, 0.29) is 6.04 Å². The molecule has 1 aliphatic rings. The van der Waals surface area contributed by atoms with Crippen LogP contribution in [-0.2, 0) is 11.8 Å². The Labute approximate surface area is 155 Å². The highest BCUT2D eigenvalue weighted by molar-refractivity contribution is 5.76. The maximum Gasteiger partial charge on any atom is 0.169 e. The van der Waals surface area contributed by atoms with Crippen LogP contribution in [0.1, 0.15) is 6.92 Å². The zero-order valence-corrected chi connectivity index (χ0v) is 15.2. The molecule has 1 aliphatic heterocycles.